The molecule has 131 valence electrons. The Morgan fingerprint density at radius 3 is 2.79 bits per heavy atom. The Morgan fingerprint density at radius 2 is 2.12 bits per heavy atom. The van der Waals surface area contributed by atoms with Gasteiger partial charge in [-0.2, -0.15) is 0 Å². The van der Waals surface area contributed by atoms with Crippen molar-refractivity contribution in [2.75, 3.05) is 18.4 Å². The number of nitrogens with one attached hydrogen (secondary N) is 3. The van der Waals surface area contributed by atoms with Crippen LogP contribution >= 0.6 is 11.6 Å². The van der Waals surface area contributed by atoms with Gasteiger partial charge in [0.05, 0.1) is 5.02 Å². The molecule has 1 heterocycles. The third-order valence-corrected chi connectivity index (χ3v) is 5.21. The maximum Gasteiger partial charge on any atom is 0.245 e. The van der Waals surface area contributed by atoms with Crippen molar-refractivity contribution >= 4 is 23.2 Å². The predicted molar refractivity (Wildman–Crippen MR) is 94.6 cm³/mol. The third kappa shape index (κ3) is 4.01. The SMILES string of the molecule is O=C(NC1CCNCC1)C1(Nc2ccc(F)c(Cl)c2)C[CH]CCC1. The second-order valence-electron chi connectivity index (χ2n) is 6.72. The molecule has 0 spiro atoms. The van der Waals surface area contributed by atoms with E-state index in [0.29, 0.717) is 12.1 Å². The summed E-state index contributed by atoms with van der Waals surface area (Å²) in [5.41, 5.74) is 0.00162. The van der Waals surface area contributed by atoms with Gasteiger partial charge in [-0.25, -0.2) is 4.39 Å². The molecule has 2 fully saturated rings. The molecule has 1 atom stereocenters. The molecule has 1 aliphatic heterocycles. The topological polar surface area (TPSA) is 53.2 Å². The first-order chi connectivity index (χ1) is 11.6. The Kier molecular flexibility index (Phi) is 5.61. The van der Waals surface area contributed by atoms with Gasteiger partial charge in [-0.05, 0) is 69.8 Å². The van der Waals surface area contributed by atoms with Gasteiger partial charge in [-0.1, -0.05) is 18.0 Å². The van der Waals surface area contributed by atoms with Crippen LogP contribution in [0.15, 0.2) is 18.2 Å². The van der Waals surface area contributed by atoms with E-state index >= 15 is 0 Å². The van der Waals surface area contributed by atoms with Crippen LogP contribution in [0.4, 0.5) is 10.1 Å². The summed E-state index contributed by atoms with van der Waals surface area (Å²) in [6.45, 7) is 1.87. The summed E-state index contributed by atoms with van der Waals surface area (Å²) in [4.78, 5) is 13.0. The predicted octanol–water partition coefficient (Wildman–Crippen LogP) is 3.28. The number of hydrogen-bond acceptors (Lipinski definition) is 3. The lowest BCUT2D eigenvalue weighted by Crippen LogP contribution is -2.57. The second kappa shape index (κ2) is 7.70. The second-order valence-corrected chi connectivity index (χ2v) is 7.13. The lowest BCUT2D eigenvalue weighted by atomic mass is 9.80. The Morgan fingerprint density at radius 1 is 1.33 bits per heavy atom. The van der Waals surface area contributed by atoms with Gasteiger partial charge < -0.3 is 16.0 Å². The van der Waals surface area contributed by atoms with Crippen LogP contribution in [-0.2, 0) is 4.79 Å². The molecule has 1 unspecified atom stereocenters. The first-order valence-electron chi connectivity index (χ1n) is 8.66. The highest BCUT2D eigenvalue weighted by atomic mass is 35.5. The molecule has 1 amide bonds. The molecule has 1 aromatic rings. The maximum atomic E-state index is 13.4. The normalized spacial score (nSPS) is 21.2. The molecule has 0 aromatic heterocycles. The van der Waals surface area contributed by atoms with Gasteiger partial charge in [0.25, 0.3) is 0 Å². The van der Waals surface area contributed by atoms with Crippen molar-refractivity contribution in [2.45, 2.75) is 50.1 Å². The van der Waals surface area contributed by atoms with Gasteiger partial charge in [0.2, 0.25) is 5.91 Å². The molecular formula is C18H24ClFN3O. The number of rotatable bonds is 4. The fourth-order valence-corrected chi connectivity index (χ4v) is 3.70. The number of carbonyl (C=O) groups excluding carboxylic acids is 1. The molecule has 0 bridgehead atoms. The smallest absolute Gasteiger partial charge is 0.245 e. The average molecular weight is 353 g/mol. The maximum absolute atomic E-state index is 13.4. The zero-order chi connectivity index (χ0) is 17.0. The lowest BCUT2D eigenvalue weighted by Gasteiger charge is -2.39. The van der Waals surface area contributed by atoms with E-state index < -0.39 is 11.4 Å². The quantitative estimate of drug-likeness (QED) is 0.779. The molecule has 3 rings (SSSR count). The summed E-state index contributed by atoms with van der Waals surface area (Å²) >= 11 is 5.88. The largest absolute Gasteiger partial charge is 0.371 e. The summed E-state index contributed by atoms with van der Waals surface area (Å²) in [7, 11) is 0. The molecule has 1 aliphatic carbocycles. The lowest BCUT2D eigenvalue weighted by molar-refractivity contribution is -0.127. The number of carbonyl (C=O) groups is 1. The molecule has 6 heteroatoms. The Balaban J connectivity index is 1.75. The van der Waals surface area contributed by atoms with E-state index in [1.165, 1.54) is 6.07 Å². The molecule has 1 radical (unpaired) electrons. The minimum atomic E-state index is -0.676. The number of amides is 1. The molecule has 3 N–H and O–H groups in total. The van der Waals surface area contributed by atoms with E-state index in [0.717, 1.165) is 45.2 Å². The minimum Gasteiger partial charge on any atom is -0.371 e. The Hall–Kier alpha value is -1.33. The Bertz CT molecular complexity index is 584. The van der Waals surface area contributed by atoms with Gasteiger partial charge in [0, 0.05) is 11.7 Å². The van der Waals surface area contributed by atoms with E-state index in [-0.39, 0.29) is 17.0 Å². The monoisotopic (exact) mass is 352 g/mol. The van der Waals surface area contributed by atoms with E-state index in [9.17, 15) is 9.18 Å². The van der Waals surface area contributed by atoms with Gasteiger partial charge in [0.1, 0.15) is 11.4 Å². The standard InChI is InChI=1S/C18H24ClFN3O/c19-15-12-14(4-5-16(15)20)23-18(8-2-1-3-9-18)17(24)22-13-6-10-21-11-7-13/h2,4-5,12-13,21,23H,1,3,6-11H2,(H,22,24). The number of benzene rings is 1. The van der Waals surface area contributed by atoms with Crippen LogP contribution in [0, 0.1) is 12.2 Å². The zero-order valence-electron chi connectivity index (χ0n) is 13.7. The molecule has 4 nitrogen and oxygen atoms in total. The number of anilines is 1. The van der Waals surface area contributed by atoms with Crippen LogP contribution in [0.1, 0.15) is 38.5 Å². The molecule has 1 aromatic carbocycles. The van der Waals surface area contributed by atoms with E-state index in [4.69, 9.17) is 11.6 Å². The van der Waals surface area contributed by atoms with Crippen molar-refractivity contribution in [3.8, 4) is 0 Å². The fraction of sp³-hybridized carbons (Fsp3) is 0.556. The Labute approximate surface area is 147 Å². The van der Waals surface area contributed by atoms with Crippen LogP contribution in [0.2, 0.25) is 5.02 Å². The summed E-state index contributed by atoms with van der Waals surface area (Å²) in [6, 6.07) is 4.73. The van der Waals surface area contributed by atoms with Crippen molar-refractivity contribution in [1.29, 1.82) is 0 Å². The summed E-state index contributed by atoms with van der Waals surface area (Å²) in [5.74, 6) is -0.420. The van der Waals surface area contributed by atoms with Crippen molar-refractivity contribution in [2.24, 2.45) is 0 Å². The van der Waals surface area contributed by atoms with Gasteiger partial charge in [-0.3, -0.25) is 4.79 Å². The van der Waals surface area contributed by atoms with Gasteiger partial charge >= 0.3 is 0 Å². The van der Waals surface area contributed by atoms with E-state index in [2.05, 4.69) is 22.4 Å². The van der Waals surface area contributed by atoms with Crippen LogP contribution in [0.25, 0.3) is 0 Å². The number of piperidine rings is 1. The summed E-state index contributed by atoms with van der Waals surface area (Å²) < 4.78 is 13.4. The minimum absolute atomic E-state index is 0.0331. The van der Waals surface area contributed by atoms with Crippen molar-refractivity contribution < 1.29 is 9.18 Å². The summed E-state index contributed by atoms with van der Waals surface area (Å²) in [6.07, 6.45) is 7.47. The first-order valence-corrected chi connectivity index (χ1v) is 9.03. The molecule has 1 saturated carbocycles. The van der Waals surface area contributed by atoms with Crippen LogP contribution in [0.5, 0.6) is 0 Å². The van der Waals surface area contributed by atoms with Crippen molar-refractivity contribution in [3.63, 3.8) is 0 Å². The molecular weight excluding hydrogens is 329 g/mol. The fourth-order valence-electron chi connectivity index (χ4n) is 3.52. The highest BCUT2D eigenvalue weighted by Crippen LogP contribution is 2.33. The highest BCUT2D eigenvalue weighted by molar-refractivity contribution is 6.31. The summed E-state index contributed by atoms with van der Waals surface area (Å²) in [5, 5.41) is 9.92. The highest BCUT2D eigenvalue weighted by Gasteiger charge is 2.40. The van der Waals surface area contributed by atoms with E-state index in [1.807, 2.05) is 0 Å². The average Bonchev–Trinajstić information content (AvgIpc) is 2.60. The van der Waals surface area contributed by atoms with Crippen LogP contribution in [0.3, 0.4) is 0 Å². The van der Waals surface area contributed by atoms with Crippen molar-refractivity contribution in [1.82, 2.24) is 10.6 Å². The van der Waals surface area contributed by atoms with E-state index in [1.54, 1.807) is 12.1 Å². The molecule has 2 aliphatic rings. The third-order valence-electron chi connectivity index (χ3n) is 4.92. The van der Waals surface area contributed by atoms with Gasteiger partial charge in [0.15, 0.2) is 0 Å². The van der Waals surface area contributed by atoms with Crippen LogP contribution in [-0.4, -0.2) is 30.6 Å². The van der Waals surface area contributed by atoms with Gasteiger partial charge in [-0.15, -0.1) is 0 Å². The number of hydrogen-bond donors (Lipinski definition) is 3. The van der Waals surface area contributed by atoms with Crippen LogP contribution < -0.4 is 16.0 Å². The number of halogens is 2. The molecule has 24 heavy (non-hydrogen) atoms. The molecule has 1 saturated heterocycles. The van der Waals surface area contributed by atoms with Crippen molar-refractivity contribution in [3.05, 3.63) is 35.5 Å². The first kappa shape index (κ1) is 17.5. The zero-order valence-corrected chi connectivity index (χ0v) is 14.5.